The average molecular weight is 347 g/mol. The number of hydrogen-bond acceptors (Lipinski definition) is 7. The highest BCUT2D eigenvalue weighted by Gasteiger charge is 2.23. The van der Waals surface area contributed by atoms with E-state index >= 15 is 0 Å². The first-order valence-corrected chi connectivity index (χ1v) is 9.23. The molecule has 0 N–H and O–H groups in total. The molecule has 3 rings (SSSR count). The number of aromatic nitrogens is 3. The summed E-state index contributed by atoms with van der Waals surface area (Å²) in [7, 11) is -3.23. The molecule has 0 saturated heterocycles. The van der Waals surface area contributed by atoms with Crippen molar-refractivity contribution >= 4 is 9.84 Å². The molecule has 0 spiro atoms. The molecule has 1 atom stereocenters. The molecular weight excluding hydrogens is 330 g/mol. The Bertz CT molecular complexity index is 952. The topological polar surface area (TPSA) is 99.1 Å². The van der Waals surface area contributed by atoms with Crippen LogP contribution in [0.15, 0.2) is 38.2 Å². The van der Waals surface area contributed by atoms with Gasteiger partial charge in [-0.2, -0.15) is 4.98 Å². The number of rotatable bonds is 4. The first kappa shape index (κ1) is 16.4. The Kier molecular flexibility index (Phi) is 4.00. The fraction of sp³-hybridized carbons (Fsp3) is 0.312. The lowest BCUT2D eigenvalue weighted by atomic mass is 9.99. The smallest absolute Gasteiger partial charge is 0.234 e. The molecule has 0 fully saturated rings. The van der Waals surface area contributed by atoms with Crippen molar-refractivity contribution in [3.8, 4) is 11.4 Å². The van der Waals surface area contributed by atoms with E-state index in [1.54, 1.807) is 12.1 Å². The summed E-state index contributed by atoms with van der Waals surface area (Å²) < 4.78 is 33.6. The van der Waals surface area contributed by atoms with Gasteiger partial charge in [-0.05, 0) is 45.0 Å². The molecule has 0 aliphatic heterocycles. The van der Waals surface area contributed by atoms with Crippen molar-refractivity contribution in [3.05, 3.63) is 47.2 Å². The van der Waals surface area contributed by atoms with E-state index < -0.39 is 9.84 Å². The van der Waals surface area contributed by atoms with Gasteiger partial charge in [-0.3, -0.25) is 0 Å². The molecule has 3 aromatic rings. The van der Waals surface area contributed by atoms with Gasteiger partial charge in [0.25, 0.3) is 0 Å². The number of sulfone groups is 1. The summed E-state index contributed by atoms with van der Waals surface area (Å²) in [5.74, 6) is 1.43. The minimum absolute atomic E-state index is 0.146. The van der Waals surface area contributed by atoms with E-state index in [0.29, 0.717) is 17.3 Å². The molecule has 0 aliphatic rings. The van der Waals surface area contributed by atoms with Crippen LogP contribution in [0.3, 0.4) is 0 Å². The van der Waals surface area contributed by atoms with Crippen molar-refractivity contribution in [1.29, 1.82) is 0 Å². The Balaban J connectivity index is 1.91. The van der Waals surface area contributed by atoms with Crippen LogP contribution in [0.2, 0.25) is 0 Å². The Morgan fingerprint density at radius 2 is 1.71 bits per heavy atom. The number of aryl methyl sites for hydroxylation is 2. The third-order valence-corrected chi connectivity index (χ3v) is 5.00. The zero-order chi connectivity index (χ0) is 17.5. The zero-order valence-corrected chi connectivity index (χ0v) is 14.6. The minimum Gasteiger partial charge on any atom is -0.361 e. The molecule has 2 heterocycles. The van der Waals surface area contributed by atoms with Gasteiger partial charge in [0.1, 0.15) is 5.76 Å². The molecule has 7 nitrogen and oxygen atoms in total. The monoisotopic (exact) mass is 347 g/mol. The second-order valence-corrected chi connectivity index (χ2v) is 7.73. The van der Waals surface area contributed by atoms with Crippen LogP contribution in [0.1, 0.15) is 35.7 Å². The molecule has 0 amide bonds. The largest absolute Gasteiger partial charge is 0.361 e. The van der Waals surface area contributed by atoms with Gasteiger partial charge >= 0.3 is 0 Å². The maximum absolute atomic E-state index is 11.5. The molecule has 0 unspecified atom stereocenters. The van der Waals surface area contributed by atoms with E-state index in [0.717, 1.165) is 17.0 Å². The molecule has 0 bridgehead atoms. The first-order chi connectivity index (χ1) is 11.3. The van der Waals surface area contributed by atoms with E-state index in [4.69, 9.17) is 9.05 Å². The van der Waals surface area contributed by atoms with E-state index in [9.17, 15) is 8.42 Å². The predicted molar refractivity (Wildman–Crippen MR) is 86.3 cm³/mol. The van der Waals surface area contributed by atoms with Crippen molar-refractivity contribution < 1.29 is 17.5 Å². The van der Waals surface area contributed by atoms with Crippen molar-refractivity contribution in [3.63, 3.8) is 0 Å². The van der Waals surface area contributed by atoms with Crippen LogP contribution in [0, 0.1) is 13.8 Å². The van der Waals surface area contributed by atoms with Crippen molar-refractivity contribution in [2.75, 3.05) is 6.26 Å². The predicted octanol–water partition coefficient (Wildman–Crippen LogP) is 2.90. The maximum atomic E-state index is 11.5. The molecule has 8 heteroatoms. The third kappa shape index (κ3) is 2.96. The second kappa shape index (κ2) is 5.86. The minimum atomic E-state index is -3.23. The third-order valence-electron chi connectivity index (χ3n) is 3.87. The summed E-state index contributed by atoms with van der Waals surface area (Å²) in [4.78, 5) is 4.66. The summed E-state index contributed by atoms with van der Waals surface area (Å²) in [6.45, 7) is 5.65. The van der Waals surface area contributed by atoms with Crippen LogP contribution in [0.25, 0.3) is 11.4 Å². The van der Waals surface area contributed by atoms with Crippen molar-refractivity contribution in [2.24, 2.45) is 0 Å². The normalized spacial score (nSPS) is 13.2. The van der Waals surface area contributed by atoms with Crippen LogP contribution in [-0.4, -0.2) is 30.0 Å². The van der Waals surface area contributed by atoms with Gasteiger partial charge in [0.15, 0.2) is 9.84 Å². The summed E-state index contributed by atoms with van der Waals surface area (Å²) in [6.07, 6.45) is 1.17. The number of nitrogens with zero attached hydrogens (tertiary/aromatic N) is 3. The lowest BCUT2D eigenvalue weighted by Crippen LogP contribution is -1.99. The zero-order valence-electron chi connectivity index (χ0n) is 13.8. The Morgan fingerprint density at radius 3 is 2.25 bits per heavy atom. The highest BCUT2D eigenvalue weighted by atomic mass is 32.2. The van der Waals surface area contributed by atoms with E-state index in [2.05, 4.69) is 15.3 Å². The SMILES string of the molecule is Cc1noc(C)c1[C@H](C)c1nc(-c2ccc(S(C)(=O)=O)cc2)no1. The summed E-state index contributed by atoms with van der Waals surface area (Å²) in [5.41, 5.74) is 2.40. The van der Waals surface area contributed by atoms with E-state index in [1.165, 1.54) is 18.4 Å². The van der Waals surface area contributed by atoms with Crippen LogP contribution in [0.5, 0.6) is 0 Å². The van der Waals surface area contributed by atoms with Crippen LogP contribution in [0.4, 0.5) is 0 Å². The fourth-order valence-electron chi connectivity index (χ4n) is 2.61. The molecule has 24 heavy (non-hydrogen) atoms. The Morgan fingerprint density at radius 1 is 1.04 bits per heavy atom. The summed E-state index contributed by atoms with van der Waals surface area (Å²) in [5, 5.41) is 7.92. The average Bonchev–Trinajstić information content (AvgIpc) is 3.13. The summed E-state index contributed by atoms with van der Waals surface area (Å²) >= 11 is 0. The quantitative estimate of drug-likeness (QED) is 0.715. The highest BCUT2D eigenvalue weighted by molar-refractivity contribution is 7.90. The van der Waals surface area contributed by atoms with Crippen molar-refractivity contribution in [1.82, 2.24) is 15.3 Å². The Hall–Kier alpha value is -2.48. The summed E-state index contributed by atoms with van der Waals surface area (Å²) in [6, 6.07) is 6.37. The Labute approximate surface area is 139 Å². The highest BCUT2D eigenvalue weighted by Crippen LogP contribution is 2.29. The standard InChI is InChI=1S/C16H17N3O4S/c1-9(14-10(2)18-22-11(14)3)16-17-15(19-23-16)12-5-7-13(8-6-12)24(4,20)21/h5-9H,1-4H3/t9-/m0/s1. The lowest BCUT2D eigenvalue weighted by molar-refractivity contribution is 0.367. The first-order valence-electron chi connectivity index (χ1n) is 7.34. The van der Waals surface area contributed by atoms with Gasteiger partial charge < -0.3 is 9.05 Å². The molecule has 0 aliphatic carbocycles. The van der Waals surface area contributed by atoms with E-state index in [-0.39, 0.29) is 10.8 Å². The number of benzene rings is 1. The van der Waals surface area contributed by atoms with Gasteiger partial charge in [0.2, 0.25) is 11.7 Å². The fourth-order valence-corrected chi connectivity index (χ4v) is 3.24. The van der Waals surface area contributed by atoms with Crippen molar-refractivity contribution in [2.45, 2.75) is 31.6 Å². The molecule has 126 valence electrons. The van der Waals surface area contributed by atoms with Gasteiger partial charge in [-0.15, -0.1) is 0 Å². The van der Waals surface area contributed by atoms with Crippen LogP contribution >= 0.6 is 0 Å². The molecule has 0 radical (unpaired) electrons. The van der Waals surface area contributed by atoms with Crippen LogP contribution in [-0.2, 0) is 9.84 Å². The lowest BCUT2D eigenvalue weighted by Gasteiger charge is -2.04. The van der Waals surface area contributed by atoms with Crippen LogP contribution < -0.4 is 0 Å². The molecule has 1 aromatic carbocycles. The molecule has 2 aromatic heterocycles. The van der Waals surface area contributed by atoms with E-state index in [1.807, 2.05) is 20.8 Å². The van der Waals surface area contributed by atoms with Gasteiger partial charge in [-0.25, -0.2) is 8.42 Å². The van der Waals surface area contributed by atoms with Gasteiger partial charge in [0.05, 0.1) is 16.5 Å². The number of hydrogen-bond donors (Lipinski definition) is 0. The van der Waals surface area contributed by atoms with Gasteiger partial charge in [-0.1, -0.05) is 10.3 Å². The molecular formula is C16H17N3O4S. The second-order valence-electron chi connectivity index (χ2n) is 5.71. The maximum Gasteiger partial charge on any atom is 0.234 e. The van der Waals surface area contributed by atoms with Gasteiger partial charge in [0, 0.05) is 17.4 Å². The molecule has 0 saturated carbocycles.